The van der Waals surface area contributed by atoms with E-state index in [4.69, 9.17) is 4.74 Å². The number of carbonyl (C=O) groups excluding carboxylic acids is 2. The fourth-order valence-electron chi connectivity index (χ4n) is 3.87. The minimum atomic E-state index is -0.206. The standard InChI is InChI=1S/C24H25N3O3/c1-16-8-9-17(2)27(16)25-24(29)19-10-12-21(13-11-19)30-15-23(28)26-18(3)14-20-6-4-5-7-22(20)26/h4-13,18H,14-15H2,1-3H3,(H,25,29)/t18-/m0/s1. The molecule has 1 N–H and O–H groups in total. The summed E-state index contributed by atoms with van der Waals surface area (Å²) in [7, 11) is 0. The molecule has 2 aromatic carbocycles. The summed E-state index contributed by atoms with van der Waals surface area (Å²) >= 11 is 0. The van der Waals surface area contributed by atoms with Crippen molar-refractivity contribution in [2.75, 3.05) is 16.9 Å². The molecule has 1 aliphatic heterocycles. The molecule has 2 heterocycles. The summed E-state index contributed by atoms with van der Waals surface area (Å²) in [5.74, 6) is 0.267. The van der Waals surface area contributed by atoms with Crippen LogP contribution in [0.2, 0.25) is 0 Å². The number of para-hydroxylation sites is 1. The largest absolute Gasteiger partial charge is 0.484 e. The molecule has 6 heteroatoms. The molecule has 2 amide bonds. The number of anilines is 1. The first kappa shape index (κ1) is 19.8. The number of ether oxygens (including phenoxy) is 1. The first-order valence-corrected chi connectivity index (χ1v) is 10.0. The average molecular weight is 403 g/mol. The maximum Gasteiger partial charge on any atom is 0.270 e. The van der Waals surface area contributed by atoms with E-state index in [9.17, 15) is 9.59 Å². The Labute approximate surface area is 176 Å². The van der Waals surface area contributed by atoms with Crippen LogP contribution in [0.15, 0.2) is 60.7 Å². The van der Waals surface area contributed by atoms with Crippen molar-refractivity contribution in [2.45, 2.75) is 33.2 Å². The minimum absolute atomic E-state index is 0.0496. The van der Waals surface area contributed by atoms with Crippen LogP contribution in [0.1, 0.15) is 34.2 Å². The van der Waals surface area contributed by atoms with Gasteiger partial charge in [0.15, 0.2) is 6.61 Å². The molecular formula is C24H25N3O3. The Morgan fingerprint density at radius 3 is 2.37 bits per heavy atom. The second kappa shape index (κ2) is 8.06. The van der Waals surface area contributed by atoms with Crippen molar-refractivity contribution in [3.63, 3.8) is 0 Å². The van der Waals surface area contributed by atoms with Gasteiger partial charge < -0.3 is 9.64 Å². The number of rotatable bonds is 5. The van der Waals surface area contributed by atoms with Gasteiger partial charge in [0.1, 0.15) is 5.75 Å². The summed E-state index contributed by atoms with van der Waals surface area (Å²) in [5, 5.41) is 0. The number of amides is 2. The monoisotopic (exact) mass is 403 g/mol. The van der Waals surface area contributed by atoms with E-state index in [0.717, 1.165) is 23.5 Å². The number of aryl methyl sites for hydroxylation is 2. The summed E-state index contributed by atoms with van der Waals surface area (Å²) in [4.78, 5) is 27.0. The van der Waals surface area contributed by atoms with E-state index in [-0.39, 0.29) is 24.5 Å². The van der Waals surface area contributed by atoms with Gasteiger partial charge in [-0.05, 0) is 75.2 Å². The van der Waals surface area contributed by atoms with E-state index in [2.05, 4.69) is 11.5 Å². The lowest BCUT2D eigenvalue weighted by Crippen LogP contribution is -2.39. The Bertz CT molecular complexity index is 1070. The van der Waals surface area contributed by atoms with Gasteiger partial charge in [0.2, 0.25) is 0 Å². The third-order valence-corrected chi connectivity index (χ3v) is 5.44. The second-order valence-electron chi connectivity index (χ2n) is 7.65. The highest BCUT2D eigenvalue weighted by atomic mass is 16.5. The number of nitrogens with zero attached hydrogens (tertiary/aromatic N) is 2. The smallest absolute Gasteiger partial charge is 0.270 e. The zero-order valence-corrected chi connectivity index (χ0v) is 17.4. The molecule has 3 aromatic rings. The van der Waals surface area contributed by atoms with E-state index >= 15 is 0 Å². The molecule has 0 radical (unpaired) electrons. The summed E-state index contributed by atoms with van der Waals surface area (Å²) in [5.41, 5.74) is 7.44. The number of aromatic nitrogens is 1. The van der Waals surface area contributed by atoms with Crippen LogP contribution in [0.4, 0.5) is 5.69 Å². The molecular weight excluding hydrogens is 378 g/mol. The van der Waals surface area contributed by atoms with Crippen LogP contribution in [0.5, 0.6) is 5.75 Å². The minimum Gasteiger partial charge on any atom is -0.484 e. The lowest BCUT2D eigenvalue weighted by atomic mass is 10.1. The molecule has 0 unspecified atom stereocenters. The van der Waals surface area contributed by atoms with Crippen LogP contribution in [0, 0.1) is 13.8 Å². The normalized spacial score (nSPS) is 15.0. The van der Waals surface area contributed by atoms with Crippen LogP contribution in [-0.4, -0.2) is 29.1 Å². The summed E-state index contributed by atoms with van der Waals surface area (Å²) in [6.07, 6.45) is 0.853. The summed E-state index contributed by atoms with van der Waals surface area (Å²) < 4.78 is 7.44. The van der Waals surface area contributed by atoms with E-state index in [1.165, 1.54) is 5.56 Å². The van der Waals surface area contributed by atoms with E-state index < -0.39 is 0 Å². The van der Waals surface area contributed by atoms with Crippen molar-refractivity contribution in [1.29, 1.82) is 0 Å². The summed E-state index contributed by atoms with van der Waals surface area (Å²) in [6, 6.07) is 18.8. The Hall–Kier alpha value is -3.54. The van der Waals surface area contributed by atoms with Crippen molar-refractivity contribution in [3.05, 3.63) is 83.2 Å². The van der Waals surface area contributed by atoms with Crippen LogP contribution in [-0.2, 0) is 11.2 Å². The van der Waals surface area contributed by atoms with Gasteiger partial charge in [0.05, 0.1) is 0 Å². The van der Waals surface area contributed by atoms with E-state index in [1.54, 1.807) is 33.8 Å². The zero-order chi connectivity index (χ0) is 21.3. The van der Waals surface area contributed by atoms with Crippen molar-refractivity contribution in [3.8, 4) is 5.75 Å². The van der Waals surface area contributed by atoms with Crippen LogP contribution in [0.3, 0.4) is 0 Å². The highest BCUT2D eigenvalue weighted by Gasteiger charge is 2.30. The van der Waals surface area contributed by atoms with E-state index in [0.29, 0.717) is 11.3 Å². The Kier molecular flexibility index (Phi) is 5.31. The Morgan fingerprint density at radius 1 is 1.00 bits per heavy atom. The van der Waals surface area contributed by atoms with Gasteiger partial charge >= 0.3 is 0 Å². The number of hydrogen-bond acceptors (Lipinski definition) is 3. The molecule has 30 heavy (non-hydrogen) atoms. The van der Waals surface area contributed by atoms with Crippen LogP contribution in [0.25, 0.3) is 0 Å². The number of benzene rings is 2. The van der Waals surface area contributed by atoms with Crippen molar-refractivity contribution >= 4 is 17.5 Å². The Morgan fingerprint density at radius 2 is 1.67 bits per heavy atom. The molecule has 0 saturated heterocycles. The molecule has 1 aliphatic rings. The van der Waals surface area contributed by atoms with Gasteiger partial charge in [-0.15, -0.1) is 0 Å². The molecule has 1 atom stereocenters. The molecule has 0 bridgehead atoms. The van der Waals surface area contributed by atoms with Gasteiger partial charge in [-0.2, -0.15) is 0 Å². The Balaban J connectivity index is 1.37. The first-order valence-electron chi connectivity index (χ1n) is 10.0. The van der Waals surface area contributed by atoms with Crippen molar-refractivity contribution < 1.29 is 14.3 Å². The van der Waals surface area contributed by atoms with Crippen LogP contribution < -0.4 is 15.1 Å². The lowest BCUT2D eigenvalue weighted by molar-refractivity contribution is -0.120. The maximum atomic E-state index is 12.7. The molecule has 0 saturated carbocycles. The number of fused-ring (bicyclic) bond motifs is 1. The van der Waals surface area contributed by atoms with Gasteiger partial charge in [0.25, 0.3) is 11.8 Å². The fraction of sp³-hybridized carbons (Fsp3) is 0.250. The first-order chi connectivity index (χ1) is 14.4. The van der Waals surface area contributed by atoms with Crippen molar-refractivity contribution in [2.24, 2.45) is 0 Å². The molecule has 0 fully saturated rings. The van der Waals surface area contributed by atoms with Crippen molar-refractivity contribution in [1.82, 2.24) is 4.68 Å². The fourth-order valence-corrected chi connectivity index (χ4v) is 3.87. The number of carbonyl (C=O) groups is 2. The average Bonchev–Trinajstić information content (AvgIpc) is 3.25. The number of hydrogen-bond donors (Lipinski definition) is 1. The number of nitrogens with one attached hydrogen (secondary N) is 1. The maximum absolute atomic E-state index is 12.7. The third kappa shape index (κ3) is 3.81. The molecule has 0 spiro atoms. The van der Waals surface area contributed by atoms with Gasteiger partial charge in [-0.25, -0.2) is 0 Å². The summed E-state index contributed by atoms with van der Waals surface area (Å²) in [6.45, 7) is 5.85. The van der Waals surface area contributed by atoms with Crippen LogP contribution >= 0.6 is 0 Å². The lowest BCUT2D eigenvalue weighted by Gasteiger charge is -2.22. The molecule has 0 aliphatic carbocycles. The molecule has 4 rings (SSSR count). The van der Waals surface area contributed by atoms with Gasteiger partial charge in [0, 0.05) is 28.7 Å². The second-order valence-corrected chi connectivity index (χ2v) is 7.65. The molecule has 6 nitrogen and oxygen atoms in total. The van der Waals surface area contributed by atoms with Gasteiger partial charge in [-0.3, -0.25) is 19.7 Å². The quantitative estimate of drug-likeness (QED) is 0.704. The SMILES string of the molecule is Cc1ccc(C)n1NC(=O)c1ccc(OCC(=O)N2c3ccccc3C[C@@H]2C)cc1. The highest BCUT2D eigenvalue weighted by molar-refractivity contribution is 6.00. The third-order valence-electron chi connectivity index (χ3n) is 5.44. The van der Waals surface area contributed by atoms with E-state index in [1.807, 2.05) is 51.1 Å². The molecule has 154 valence electrons. The zero-order valence-electron chi connectivity index (χ0n) is 17.4. The molecule has 1 aromatic heterocycles. The topological polar surface area (TPSA) is 63.6 Å². The van der Waals surface area contributed by atoms with Gasteiger partial charge in [-0.1, -0.05) is 18.2 Å². The predicted octanol–water partition coefficient (Wildman–Crippen LogP) is 3.85. The predicted molar refractivity (Wildman–Crippen MR) is 117 cm³/mol. The highest BCUT2D eigenvalue weighted by Crippen LogP contribution is 2.31.